The van der Waals surface area contributed by atoms with E-state index in [2.05, 4.69) is 25.7 Å². The molecule has 4 rings (SSSR count). The smallest absolute Gasteiger partial charge is 0.315 e. The molecule has 1 aliphatic carbocycles. The minimum atomic E-state index is -0.0140. The average Bonchev–Trinajstić information content (AvgIpc) is 3.19. The molecule has 1 aromatic heterocycles. The van der Waals surface area contributed by atoms with E-state index in [1.165, 1.54) is 19.3 Å². The molecular weight excluding hydrogens is 390 g/mol. The van der Waals surface area contributed by atoms with Crippen LogP contribution in [0.1, 0.15) is 50.8 Å². The van der Waals surface area contributed by atoms with Crippen molar-refractivity contribution in [2.75, 3.05) is 13.1 Å². The molecule has 2 amide bonds. The molecule has 0 bridgehead atoms. The Balaban J connectivity index is 1.21. The van der Waals surface area contributed by atoms with Gasteiger partial charge in [-0.25, -0.2) is 4.79 Å². The van der Waals surface area contributed by atoms with Crippen LogP contribution >= 0.6 is 11.6 Å². The standard InChI is InChI=1S/C21H28ClN5O2/c22-16-8-6-15(7-9-16)20-25-19(29-26-20)14-27-12-10-18(11-13-27)24-21(28)23-17-4-2-1-3-5-17/h6-9,17-18H,1-5,10-14H2,(H2,23,24,28). The van der Waals surface area contributed by atoms with E-state index in [-0.39, 0.29) is 12.1 Å². The number of rotatable bonds is 5. The second-order valence-corrected chi connectivity index (χ2v) is 8.46. The summed E-state index contributed by atoms with van der Waals surface area (Å²) in [4.78, 5) is 19.0. The minimum absolute atomic E-state index is 0.0140. The Kier molecular flexibility index (Phi) is 6.67. The van der Waals surface area contributed by atoms with E-state index in [1.807, 2.05) is 24.3 Å². The van der Waals surface area contributed by atoms with Gasteiger partial charge >= 0.3 is 6.03 Å². The van der Waals surface area contributed by atoms with Crippen LogP contribution < -0.4 is 10.6 Å². The first-order chi connectivity index (χ1) is 14.2. The number of hydrogen-bond donors (Lipinski definition) is 2. The van der Waals surface area contributed by atoms with E-state index in [0.717, 1.165) is 44.3 Å². The highest BCUT2D eigenvalue weighted by Gasteiger charge is 2.23. The van der Waals surface area contributed by atoms with Crippen LogP contribution in [0, 0.1) is 0 Å². The molecular formula is C21H28ClN5O2. The highest BCUT2D eigenvalue weighted by Crippen LogP contribution is 2.20. The molecule has 29 heavy (non-hydrogen) atoms. The van der Waals surface area contributed by atoms with Gasteiger partial charge in [-0.15, -0.1) is 0 Å². The molecule has 1 aliphatic heterocycles. The fourth-order valence-corrected chi connectivity index (χ4v) is 4.25. The van der Waals surface area contributed by atoms with Crippen molar-refractivity contribution in [3.05, 3.63) is 35.2 Å². The largest absolute Gasteiger partial charge is 0.338 e. The summed E-state index contributed by atoms with van der Waals surface area (Å²) in [6, 6.07) is 7.95. The summed E-state index contributed by atoms with van der Waals surface area (Å²) in [6.07, 6.45) is 7.80. The van der Waals surface area contributed by atoms with E-state index in [1.54, 1.807) is 0 Å². The second-order valence-electron chi connectivity index (χ2n) is 8.02. The molecule has 8 heteroatoms. The lowest BCUT2D eigenvalue weighted by Gasteiger charge is -2.32. The van der Waals surface area contributed by atoms with Crippen molar-refractivity contribution in [1.82, 2.24) is 25.7 Å². The van der Waals surface area contributed by atoms with Gasteiger partial charge in [0, 0.05) is 35.8 Å². The zero-order valence-electron chi connectivity index (χ0n) is 16.6. The number of hydrogen-bond acceptors (Lipinski definition) is 5. The van der Waals surface area contributed by atoms with Crippen LogP contribution in [0.5, 0.6) is 0 Å². The Bertz CT molecular complexity index is 796. The molecule has 2 aromatic rings. The highest BCUT2D eigenvalue weighted by atomic mass is 35.5. The lowest BCUT2D eigenvalue weighted by atomic mass is 9.96. The average molecular weight is 418 g/mol. The lowest BCUT2D eigenvalue weighted by Crippen LogP contribution is -2.50. The van der Waals surface area contributed by atoms with Crippen LogP contribution in [0.3, 0.4) is 0 Å². The Morgan fingerprint density at radius 2 is 1.69 bits per heavy atom. The first-order valence-corrected chi connectivity index (χ1v) is 10.9. The molecule has 156 valence electrons. The van der Waals surface area contributed by atoms with Crippen molar-refractivity contribution in [2.24, 2.45) is 0 Å². The molecule has 2 fully saturated rings. The Hall–Kier alpha value is -2.12. The molecule has 0 spiro atoms. The van der Waals surface area contributed by atoms with Crippen LogP contribution in [0.25, 0.3) is 11.4 Å². The zero-order valence-corrected chi connectivity index (χ0v) is 17.3. The van der Waals surface area contributed by atoms with E-state index in [9.17, 15) is 4.79 Å². The number of likely N-dealkylation sites (tertiary alicyclic amines) is 1. The molecule has 1 saturated carbocycles. The predicted octanol–water partition coefficient (Wildman–Crippen LogP) is 3.99. The SMILES string of the molecule is O=C(NC1CCCCC1)NC1CCN(Cc2nc(-c3ccc(Cl)cc3)no2)CC1. The number of aromatic nitrogens is 2. The van der Waals surface area contributed by atoms with Crippen molar-refractivity contribution in [3.63, 3.8) is 0 Å². The molecule has 0 atom stereocenters. The zero-order chi connectivity index (χ0) is 20.1. The van der Waals surface area contributed by atoms with E-state index >= 15 is 0 Å². The first kappa shape index (κ1) is 20.2. The molecule has 1 aromatic carbocycles. The van der Waals surface area contributed by atoms with Gasteiger partial charge in [0.2, 0.25) is 11.7 Å². The summed E-state index contributed by atoms with van der Waals surface area (Å²) in [7, 11) is 0. The van der Waals surface area contributed by atoms with Crippen molar-refractivity contribution < 1.29 is 9.32 Å². The van der Waals surface area contributed by atoms with Gasteiger partial charge in [-0.2, -0.15) is 4.98 Å². The van der Waals surface area contributed by atoms with Gasteiger partial charge in [-0.1, -0.05) is 36.0 Å². The molecule has 0 unspecified atom stereocenters. The maximum Gasteiger partial charge on any atom is 0.315 e. The van der Waals surface area contributed by atoms with Gasteiger partial charge in [0.15, 0.2) is 0 Å². The number of piperidine rings is 1. The van der Waals surface area contributed by atoms with Gasteiger partial charge < -0.3 is 15.2 Å². The quantitative estimate of drug-likeness (QED) is 0.768. The minimum Gasteiger partial charge on any atom is -0.338 e. The second kappa shape index (κ2) is 9.59. The maximum absolute atomic E-state index is 12.2. The fourth-order valence-electron chi connectivity index (χ4n) is 4.12. The third-order valence-electron chi connectivity index (χ3n) is 5.79. The summed E-state index contributed by atoms with van der Waals surface area (Å²) in [5.41, 5.74) is 0.885. The van der Waals surface area contributed by atoms with Crippen LogP contribution in [0.4, 0.5) is 4.79 Å². The van der Waals surface area contributed by atoms with E-state index in [4.69, 9.17) is 16.1 Å². The maximum atomic E-state index is 12.2. The molecule has 2 heterocycles. The number of benzene rings is 1. The van der Waals surface area contributed by atoms with Crippen LogP contribution in [0.2, 0.25) is 5.02 Å². The van der Waals surface area contributed by atoms with Crippen molar-refractivity contribution in [1.29, 1.82) is 0 Å². The van der Waals surface area contributed by atoms with Crippen LogP contribution in [-0.4, -0.2) is 46.2 Å². The lowest BCUT2D eigenvalue weighted by molar-refractivity contribution is 0.168. The Labute approximate surface area is 176 Å². The molecule has 7 nitrogen and oxygen atoms in total. The molecule has 1 saturated heterocycles. The number of nitrogens with one attached hydrogen (secondary N) is 2. The van der Waals surface area contributed by atoms with Crippen LogP contribution in [-0.2, 0) is 6.54 Å². The van der Waals surface area contributed by atoms with Gasteiger partial charge in [-0.3, -0.25) is 4.90 Å². The first-order valence-electron chi connectivity index (χ1n) is 10.5. The summed E-state index contributed by atoms with van der Waals surface area (Å²) in [5, 5.41) is 11.0. The van der Waals surface area contributed by atoms with E-state index in [0.29, 0.717) is 29.3 Å². The third kappa shape index (κ3) is 5.70. The fraction of sp³-hybridized carbons (Fsp3) is 0.571. The van der Waals surface area contributed by atoms with Gasteiger partial charge in [0.1, 0.15) is 0 Å². The summed E-state index contributed by atoms with van der Waals surface area (Å²) in [6.45, 7) is 2.42. The van der Waals surface area contributed by atoms with Gasteiger partial charge in [0.25, 0.3) is 0 Å². The summed E-state index contributed by atoms with van der Waals surface area (Å²) < 4.78 is 5.41. The number of nitrogens with zero attached hydrogens (tertiary/aromatic N) is 3. The molecule has 0 radical (unpaired) electrons. The number of carbonyl (C=O) groups excluding carboxylic acids is 1. The normalized spacial score (nSPS) is 19.2. The van der Waals surface area contributed by atoms with Crippen molar-refractivity contribution >= 4 is 17.6 Å². The third-order valence-corrected chi connectivity index (χ3v) is 6.04. The summed E-state index contributed by atoms with van der Waals surface area (Å²) in [5.74, 6) is 1.18. The monoisotopic (exact) mass is 417 g/mol. The predicted molar refractivity (Wildman–Crippen MR) is 112 cm³/mol. The number of amides is 2. The highest BCUT2D eigenvalue weighted by molar-refractivity contribution is 6.30. The topological polar surface area (TPSA) is 83.3 Å². The molecule has 2 aliphatic rings. The Morgan fingerprint density at radius 3 is 2.38 bits per heavy atom. The number of urea groups is 1. The Morgan fingerprint density at radius 1 is 1.03 bits per heavy atom. The van der Waals surface area contributed by atoms with Gasteiger partial charge in [0.05, 0.1) is 6.54 Å². The van der Waals surface area contributed by atoms with E-state index < -0.39 is 0 Å². The number of carbonyl (C=O) groups is 1. The van der Waals surface area contributed by atoms with Crippen molar-refractivity contribution in [2.45, 2.75) is 63.6 Å². The van der Waals surface area contributed by atoms with Crippen molar-refractivity contribution in [3.8, 4) is 11.4 Å². The van der Waals surface area contributed by atoms with Crippen LogP contribution in [0.15, 0.2) is 28.8 Å². The van der Waals surface area contributed by atoms with Gasteiger partial charge in [-0.05, 0) is 49.9 Å². The molecule has 2 N–H and O–H groups in total. The summed E-state index contributed by atoms with van der Waals surface area (Å²) >= 11 is 5.92. The number of halogens is 1.